The zero-order valence-corrected chi connectivity index (χ0v) is 29.0. The summed E-state index contributed by atoms with van der Waals surface area (Å²) in [6, 6.07) is -4.67. The number of hydrogen-bond acceptors (Lipinski definition) is 9. The monoisotopic (exact) mass is 651 g/mol. The van der Waals surface area contributed by atoms with Gasteiger partial charge in [0, 0.05) is 6.54 Å². The summed E-state index contributed by atoms with van der Waals surface area (Å²) in [5, 5.41) is 5.52. The van der Waals surface area contributed by atoms with Gasteiger partial charge in [0.15, 0.2) is 0 Å². The number of carbonyl (C=O) groups is 6. The molecule has 3 rings (SSSR count). The van der Waals surface area contributed by atoms with Gasteiger partial charge in [0.2, 0.25) is 11.7 Å². The van der Waals surface area contributed by atoms with E-state index in [1.807, 2.05) is 0 Å². The molecule has 1 heterocycles. The van der Waals surface area contributed by atoms with Crippen molar-refractivity contribution in [2.24, 2.45) is 23.0 Å². The minimum absolute atomic E-state index is 0.153. The Morgan fingerprint density at radius 3 is 1.89 bits per heavy atom. The van der Waals surface area contributed by atoms with Gasteiger partial charge in [-0.15, -0.1) is 5.48 Å². The molecule has 13 heteroatoms. The summed E-state index contributed by atoms with van der Waals surface area (Å²) in [4.78, 5) is 82.2. The smallest absolute Gasteiger partial charge is 0.347 e. The lowest BCUT2D eigenvalue weighted by atomic mass is 9.83. The highest BCUT2D eigenvalue weighted by molar-refractivity contribution is 6.37. The third-order valence-electron chi connectivity index (χ3n) is 8.63. The molecule has 13 nitrogen and oxygen atoms in total. The molecular formula is C33H57N5O8. The predicted molar refractivity (Wildman–Crippen MR) is 172 cm³/mol. The minimum atomic E-state index is -1.17. The van der Waals surface area contributed by atoms with Crippen LogP contribution in [0.2, 0.25) is 0 Å². The molecule has 0 radical (unpaired) electrons. The number of Topliss-reactive ketones (excluding diaryl/α,β-unsaturated/α-hetero) is 1. The zero-order valence-electron chi connectivity index (χ0n) is 29.0. The molecule has 46 heavy (non-hydrogen) atoms. The Hall–Kier alpha value is -3.22. The fourth-order valence-electron chi connectivity index (χ4n) is 5.70. The summed E-state index contributed by atoms with van der Waals surface area (Å²) in [6.45, 7) is 14.5. The lowest BCUT2D eigenvalue weighted by Gasteiger charge is -2.36. The van der Waals surface area contributed by atoms with Crippen LogP contribution in [-0.2, 0) is 33.5 Å². The predicted octanol–water partition coefficient (Wildman–Crippen LogP) is 3.28. The highest BCUT2D eigenvalue weighted by atomic mass is 16.7. The van der Waals surface area contributed by atoms with E-state index in [2.05, 4.69) is 23.0 Å². The number of likely N-dealkylation sites (tertiary alicyclic amines) is 1. The van der Waals surface area contributed by atoms with E-state index >= 15 is 0 Å². The van der Waals surface area contributed by atoms with E-state index in [1.54, 1.807) is 41.5 Å². The number of ketones is 1. The summed E-state index contributed by atoms with van der Waals surface area (Å²) in [5.41, 5.74) is 5.78. The average Bonchev–Trinajstić information content (AvgIpc) is 3.45. The van der Waals surface area contributed by atoms with Crippen LogP contribution >= 0.6 is 0 Å². The standard InChI is InChI=1S/C28H47N5O8.C5H10/c1-16(20(34)22(29)35)32-41-24(37)18-14-11-15-33(18)23(36)19(17-12-9-8-10-13-17)30-26(39)31-21(27(2,3)4)25(38)40-28(5,6)7;1-5-3-2-4-5/h16-19,21,32H,8-15H2,1-7H3,(H2,29,35)(H2,30,31,39);5H,2-4H2,1H3. The number of ether oxygens (including phenoxy) is 1. The molecule has 0 aromatic carbocycles. The number of nitrogens with one attached hydrogen (secondary N) is 3. The van der Waals surface area contributed by atoms with Crippen LogP contribution in [0.4, 0.5) is 4.79 Å². The van der Waals surface area contributed by atoms with Crippen LogP contribution in [0.1, 0.15) is 120 Å². The number of rotatable bonds is 10. The van der Waals surface area contributed by atoms with Crippen molar-refractivity contribution >= 4 is 35.6 Å². The fourth-order valence-corrected chi connectivity index (χ4v) is 5.70. The van der Waals surface area contributed by atoms with E-state index < -0.39 is 70.8 Å². The van der Waals surface area contributed by atoms with Gasteiger partial charge in [-0.3, -0.25) is 14.4 Å². The largest absolute Gasteiger partial charge is 0.458 e. The molecule has 4 amide bonds. The van der Waals surface area contributed by atoms with E-state index in [0.29, 0.717) is 12.8 Å². The van der Waals surface area contributed by atoms with Gasteiger partial charge in [-0.2, -0.15) is 0 Å². The Bertz CT molecular complexity index is 1090. The number of hydrogen-bond donors (Lipinski definition) is 4. The maximum absolute atomic E-state index is 13.9. The zero-order chi connectivity index (χ0) is 34.8. The summed E-state index contributed by atoms with van der Waals surface area (Å²) in [7, 11) is 0. The van der Waals surface area contributed by atoms with E-state index in [-0.39, 0.29) is 12.5 Å². The Morgan fingerprint density at radius 1 is 0.826 bits per heavy atom. The first-order valence-corrected chi connectivity index (χ1v) is 16.7. The molecule has 0 bridgehead atoms. The maximum atomic E-state index is 13.9. The van der Waals surface area contributed by atoms with Gasteiger partial charge in [0.05, 0.1) is 0 Å². The molecule has 3 aliphatic rings. The van der Waals surface area contributed by atoms with Crippen LogP contribution in [0.25, 0.3) is 0 Å². The second kappa shape index (κ2) is 17.1. The Balaban J connectivity index is 0.00000134. The van der Waals surface area contributed by atoms with Crippen molar-refractivity contribution in [1.82, 2.24) is 21.0 Å². The number of amides is 4. The maximum Gasteiger partial charge on any atom is 0.347 e. The van der Waals surface area contributed by atoms with Crippen molar-refractivity contribution in [2.45, 2.75) is 149 Å². The molecular weight excluding hydrogens is 594 g/mol. The van der Waals surface area contributed by atoms with Crippen molar-refractivity contribution in [3.05, 3.63) is 0 Å². The second-order valence-electron chi connectivity index (χ2n) is 15.0. The molecule has 1 aliphatic heterocycles. The quantitative estimate of drug-likeness (QED) is 0.156. The SMILES string of the molecule is CC(NOC(=O)C1CCCN1C(=O)C(NC(=O)NC(C(=O)OC(C)(C)C)C(C)(C)C)C1CCCCC1)C(=O)C(N)=O.CC1CCC1. The van der Waals surface area contributed by atoms with Gasteiger partial charge in [-0.1, -0.05) is 66.2 Å². The minimum Gasteiger partial charge on any atom is -0.458 e. The van der Waals surface area contributed by atoms with E-state index in [1.165, 1.54) is 31.1 Å². The van der Waals surface area contributed by atoms with Crippen LogP contribution < -0.4 is 21.8 Å². The lowest BCUT2D eigenvalue weighted by Crippen LogP contribution is -2.60. The van der Waals surface area contributed by atoms with Crippen molar-refractivity contribution < 1.29 is 38.3 Å². The highest BCUT2D eigenvalue weighted by Crippen LogP contribution is 2.30. The molecule has 2 saturated carbocycles. The van der Waals surface area contributed by atoms with Crippen LogP contribution in [0.5, 0.6) is 0 Å². The first kappa shape index (κ1) is 39.0. The van der Waals surface area contributed by atoms with E-state index in [0.717, 1.165) is 38.0 Å². The second-order valence-corrected chi connectivity index (χ2v) is 15.0. The van der Waals surface area contributed by atoms with Crippen molar-refractivity contribution in [3.63, 3.8) is 0 Å². The molecule has 0 aromatic rings. The van der Waals surface area contributed by atoms with Gasteiger partial charge in [0.1, 0.15) is 29.8 Å². The number of esters is 1. The summed E-state index contributed by atoms with van der Waals surface area (Å²) < 4.78 is 5.52. The van der Waals surface area contributed by atoms with Gasteiger partial charge in [0.25, 0.3) is 5.91 Å². The number of primary amides is 1. The topological polar surface area (TPSA) is 186 Å². The third-order valence-corrected chi connectivity index (χ3v) is 8.63. The van der Waals surface area contributed by atoms with Crippen molar-refractivity contribution in [1.29, 1.82) is 0 Å². The Morgan fingerprint density at radius 2 is 1.41 bits per heavy atom. The van der Waals surface area contributed by atoms with Gasteiger partial charge in [-0.05, 0) is 70.6 Å². The van der Waals surface area contributed by atoms with Crippen LogP contribution in [0.15, 0.2) is 0 Å². The van der Waals surface area contributed by atoms with Gasteiger partial charge >= 0.3 is 18.0 Å². The van der Waals surface area contributed by atoms with Crippen molar-refractivity contribution in [3.8, 4) is 0 Å². The van der Waals surface area contributed by atoms with Gasteiger partial charge < -0.3 is 30.8 Å². The molecule has 4 atom stereocenters. The van der Waals surface area contributed by atoms with Crippen LogP contribution in [0.3, 0.4) is 0 Å². The number of hydroxylamine groups is 1. The van der Waals surface area contributed by atoms with Crippen LogP contribution in [-0.4, -0.2) is 76.8 Å². The number of urea groups is 1. The molecule has 3 fully saturated rings. The summed E-state index contributed by atoms with van der Waals surface area (Å²) in [6.07, 6.45) is 9.62. The molecule has 5 N–H and O–H groups in total. The summed E-state index contributed by atoms with van der Waals surface area (Å²) >= 11 is 0. The van der Waals surface area contributed by atoms with E-state index in [4.69, 9.17) is 15.3 Å². The first-order valence-electron chi connectivity index (χ1n) is 16.7. The molecule has 262 valence electrons. The number of nitrogens with two attached hydrogens (primary N) is 1. The lowest BCUT2D eigenvalue weighted by molar-refractivity contribution is -0.163. The molecule has 2 aliphatic carbocycles. The first-order chi connectivity index (χ1) is 21.3. The molecule has 0 aromatic heterocycles. The highest BCUT2D eigenvalue weighted by Gasteiger charge is 2.43. The fraction of sp³-hybridized carbons (Fsp3) is 0.818. The van der Waals surface area contributed by atoms with Crippen LogP contribution in [0, 0.1) is 17.3 Å². The number of carbonyl (C=O) groups excluding carboxylic acids is 6. The Kier molecular flexibility index (Phi) is 14.5. The molecule has 4 unspecified atom stereocenters. The van der Waals surface area contributed by atoms with Gasteiger partial charge in [-0.25, -0.2) is 14.4 Å². The normalized spacial score (nSPS) is 21.0. The molecule has 0 spiro atoms. The molecule has 1 saturated heterocycles. The third kappa shape index (κ3) is 12.2. The van der Waals surface area contributed by atoms with E-state index in [9.17, 15) is 28.8 Å². The average molecular weight is 652 g/mol. The van der Waals surface area contributed by atoms with Crippen molar-refractivity contribution in [2.75, 3.05) is 6.54 Å². The number of nitrogens with zero attached hydrogens (tertiary/aromatic N) is 1. The summed E-state index contributed by atoms with van der Waals surface area (Å²) in [5.74, 6) is -3.00. The Labute approximate surface area is 273 Å².